The molecular formula is C16H22O. The van der Waals surface area contributed by atoms with E-state index in [1.54, 1.807) is 0 Å². The largest absolute Gasteiger partial charge is 0.392 e. The van der Waals surface area contributed by atoms with Crippen molar-refractivity contribution in [2.24, 2.45) is 5.92 Å². The molecule has 1 heteroatoms. The van der Waals surface area contributed by atoms with E-state index in [-0.39, 0.29) is 11.5 Å². The lowest BCUT2D eigenvalue weighted by Crippen LogP contribution is -2.34. The van der Waals surface area contributed by atoms with Crippen molar-refractivity contribution in [1.82, 2.24) is 0 Å². The predicted molar refractivity (Wildman–Crippen MR) is 69.9 cm³/mol. The molecule has 92 valence electrons. The molecule has 1 aromatic carbocycles. The van der Waals surface area contributed by atoms with Gasteiger partial charge in [0, 0.05) is 5.41 Å². The van der Waals surface area contributed by atoms with Gasteiger partial charge in [0.1, 0.15) is 0 Å². The van der Waals surface area contributed by atoms with Crippen LogP contribution in [0.15, 0.2) is 30.3 Å². The second-order valence-electron chi connectivity index (χ2n) is 5.87. The fourth-order valence-electron chi connectivity index (χ4n) is 3.56. The number of rotatable bonds is 3. The number of aliphatic hydroxyl groups excluding tert-OH is 1. The maximum absolute atomic E-state index is 10.7. The van der Waals surface area contributed by atoms with Gasteiger partial charge in [-0.1, -0.05) is 49.6 Å². The molecule has 0 saturated heterocycles. The van der Waals surface area contributed by atoms with E-state index in [0.717, 1.165) is 0 Å². The lowest BCUT2D eigenvalue weighted by Gasteiger charge is -2.33. The molecule has 17 heavy (non-hydrogen) atoms. The minimum Gasteiger partial charge on any atom is -0.392 e. The minimum absolute atomic E-state index is 0.106. The van der Waals surface area contributed by atoms with Crippen molar-refractivity contribution in [2.75, 3.05) is 0 Å². The molecule has 0 radical (unpaired) electrons. The van der Waals surface area contributed by atoms with Gasteiger partial charge >= 0.3 is 0 Å². The maximum Gasteiger partial charge on any atom is 0.0664 e. The SMILES string of the molecule is OC(C1CCCCC1)C1(c2ccccc2)CC1. The summed E-state index contributed by atoms with van der Waals surface area (Å²) in [5.41, 5.74) is 1.47. The Bertz CT molecular complexity index is 360. The number of benzene rings is 1. The van der Waals surface area contributed by atoms with Gasteiger partial charge < -0.3 is 5.11 Å². The minimum atomic E-state index is -0.106. The molecule has 1 unspecified atom stereocenters. The second kappa shape index (κ2) is 4.45. The summed E-state index contributed by atoms with van der Waals surface area (Å²) < 4.78 is 0. The Morgan fingerprint density at radius 2 is 1.65 bits per heavy atom. The highest BCUT2D eigenvalue weighted by molar-refractivity contribution is 5.33. The quantitative estimate of drug-likeness (QED) is 0.840. The van der Waals surface area contributed by atoms with Crippen molar-refractivity contribution >= 4 is 0 Å². The lowest BCUT2D eigenvalue weighted by molar-refractivity contribution is 0.0508. The molecule has 0 aliphatic heterocycles. The van der Waals surface area contributed by atoms with Crippen LogP contribution in [0.3, 0.4) is 0 Å². The fourth-order valence-corrected chi connectivity index (χ4v) is 3.56. The molecule has 1 atom stereocenters. The van der Waals surface area contributed by atoms with E-state index in [4.69, 9.17) is 0 Å². The van der Waals surface area contributed by atoms with Gasteiger partial charge in [-0.15, -0.1) is 0 Å². The summed E-state index contributed by atoms with van der Waals surface area (Å²) in [6.07, 6.45) is 8.69. The van der Waals surface area contributed by atoms with Crippen LogP contribution in [-0.4, -0.2) is 11.2 Å². The normalized spacial score (nSPS) is 25.5. The molecule has 2 aliphatic carbocycles. The molecule has 0 bridgehead atoms. The zero-order valence-corrected chi connectivity index (χ0v) is 10.4. The maximum atomic E-state index is 10.7. The first-order chi connectivity index (χ1) is 8.33. The van der Waals surface area contributed by atoms with Gasteiger partial charge in [0.25, 0.3) is 0 Å². The first-order valence-electron chi connectivity index (χ1n) is 7.06. The van der Waals surface area contributed by atoms with Crippen molar-refractivity contribution in [3.8, 4) is 0 Å². The van der Waals surface area contributed by atoms with Gasteiger partial charge in [-0.05, 0) is 37.2 Å². The molecule has 2 aliphatic rings. The van der Waals surface area contributed by atoms with Crippen LogP contribution in [0.1, 0.15) is 50.5 Å². The molecule has 0 spiro atoms. The Balaban J connectivity index is 1.78. The Morgan fingerprint density at radius 3 is 2.24 bits per heavy atom. The third kappa shape index (κ3) is 2.01. The summed E-state index contributed by atoms with van der Waals surface area (Å²) in [4.78, 5) is 0. The van der Waals surface area contributed by atoms with Gasteiger partial charge in [-0.3, -0.25) is 0 Å². The summed E-state index contributed by atoms with van der Waals surface area (Å²) in [5.74, 6) is 0.548. The van der Waals surface area contributed by atoms with E-state index < -0.39 is 0 Å². The Labute approximate surface area is 104 Å². The standard InChI is InChI=1S/C16H22O/c17-15(13-7-3-1-4-8-13)16(11-12-16)14-9-5-2-6-10-14/h2,5-6,9-10,13,15,17H,1,3-4,7-8,11-12H2. The molecule has 3 rings (SSSR count). The van der Waals surface area contributed by atoms with Gasteiger partial charge in [0.15, 0.2) is 0 Å². The molecule has 2 saturated carbocycles. The van der Waals surface area contributed by atoms with Crippen molar-refractivity contribution < 1.29 is 5.11 Å². The smallest absolute Gasteiger partial charge is 0.0664 e. The zero-order valence-electron chi connectivity index (χ0n) is 10.4. The summed E-state index contributed by atoms with van der Waals surface area (Å²) in [6, 6.07) is 10.6. The molecule has 0 heterocycles. The van der Waals surface area contributed by atoms with E-state index in [0.29, 0.717) is 5.92 Å². The average Bonchev–Trinajstić information content (AvgIpc) is 3.21. The zero-order chi connectivity index (χ0) is 11.7. The van der Waals surface area contributed by atoms with E-state index in [9.17, 15) is 5.11 Å². The topological polar surface area (TPSA) is 20.2 Å². The summed E-state index contributed by atoms with van der Waals surface area (Å²) in [6.45, 7) is 0. The van der Waals surface area contributed by atoms with Crippen LogP contribution < -0.4 is 0 Å². The van der Waals surface area contributed by atoms with Gasteiger partial charge in [-0.2, -0.15) is 0 Å². The van der Waals surface area contributed by atoms with Crippen molar-refractivity contribution in [3.63, 3.8) is 0 Å². The Kier molecular flexibility index (Phi) is 2.96. The third-order valence-corrected chi connectivity index (χ3v) is 4.80. The van der Waals surface area contributed by atoms with E-state index in [1.807, 2.05) is 0 Å². The highest BCUT2D eigenvalue weighted by Gasteiger charge is 2.52. The number of hydrogen-bond donors (Lipinski definition) is 1. The first-order valence-corrected chi connectivity index (χ1v) is 7.06. The summed E-state index contributed by atoms with van der Waals surface area (Å²) in [7, 11) is 0. The van der Waals surface area contributed by atoms with Crippen LogP contribution in [0.4, 0.5) is 0 Å². The predicted octanol–water partition coefficient (Wildman–Crippen LogP) is 3.66. The molecule has 2 fully saturated rings. The first kappa shape index (κ1) is 11.3. The van der Waals surface area contributed by atoms with E-state index >= 15 is 0 Å². The van der Waals surface area contributed by atoms with Crippen LogP contribution >= 0.6 is 0 Å². The molecular weight excluding hydrogens is 208 g/mol. The van der Waals surface area contributed by atoms with Gasteiger partial charge in [0.2, 0.25) is 0 Å². The van der Waals surface area contributed by atoms with E-state index in [1.165, 1.54) is 50.5 Å². The van der Waals surface area contributed by atoms with Crippen LogP contribution in [-0.2, 0) is 5.41 Å². The highest BCUT2D eigenvalue weighted by atomic mass is 16.3. The van der Waals surface area contributed by atoms with Gasteiger partial charge in [0.05, 0.1) is 6.10 Å². The molecule has 1 nitrogen and oxygen atoms in total. The molecule has 0 amide bonds. The van der Waals surface area contributed by atoms with Crippen molar-refractivity contribution in [3.05, 3.63) is 35.9 Å². The van der Waals surface area contributed by atoms with Gasteiger partial charge in [-0.25, -0.2) is 0 Å². The van der Waals surface area contributed by atoms with Crippen molar-refractivity contribution in [1.29, 1.82) is 0 Å². The lowest BCUT2D eigenvalue weighted by atomic mass is 9.76. The highest BCUT2D eigenvalue weighted by Crippen LogP contribution is 2.54. The summed E-state index contributed by atoms with van der Waals surface area (Å²) in [5, 5.41) is 10.7. The average molecular weight is 230 g/mol. The van der Waals surface area contributed by atoms with Crippen molar-refractivity contribution in [2.45, 2.75) is 56.5 Å². The molecule has 0 aromatic heterocycles. The number of aliphatic hydroxyl groups is 1. The Hall–Kier alpha value is -0.820. The molecule has 1 aromatic rings. The third-order valence-electron chi connectivity index (χ3n) is 4.80. The summed E-state index contributed by atoms with van der Waals surface area (Å²) >= 11 is 0. The Morgan fingerprint density at radius 1 is 1.00 bits per heavy atom. The van der Waals surface area contributed by atoms with Crippen LogP contribution in [0.25, 0.3) is 0 Å². The monoisotopic (exact) mass is 230 g/mol. The second-order valence-corrected chi connectivity index (χ2v) is 5.87. The fraction of sp³-hybridized carbons (Fsp3) is 0.625. The van der Waals surface area contributed by atoms with Crippen LogP contribution in [0, 0.1) is 5.92 Å². The molecule has 1 N–H and O–H groups in total. The van der Waals surface area contributed by atoms with Crippen LogP contribution in [0.2, 0.25) is 0 Å². The number of hydrogen-bond acceptors (Lipinski definition) is 1. The van der Waals surface area contributed by atoms with E-state index in [2.05, 4.69) is 30.3 Å². The van der Waals surface area contributed by atoms with Crippen LogP contribution in [0.5, 0.6) is 0 Å².